The first-order chi connectivity index (χ1) is 9.74. The highest BCUT2D eigenvalue weighted by atomic mass is 19.4. The van der Waals surface area contributed by atoms with E-state index < -0.39 is 37.9 Å². The third kappa shape index (κ3) is 5.30. The predicted octanol–water partition coefficient (Wildman–Crippen LogP) is 1.77. The van der Waals surface area contributed by atoms with Crippen LogP contribution in [-0.4, -0.2) is 53.0 Å². The first kappa shape index (κ1) is 16.8. The monoisotopic (exact) mass is 306 g/mol. The van der Waals surface area contributed by atoms with E-state index in [0.717, 1.165) is 0 Å². The van der Waals surface area contributed by atoms with E-state index in [1.165, 1.54) is 24.3 Å². The van der Waals surface area contributed by atoms with Gasteiger partial charge in [-0.15, -0.1) is 0 Å². The molecule has 0 saturated heterocycles. The van der Waals surface area contributed by atoms with E-state index in [4.69, 9.17) is 10.2 Å². The highest BCUT2D eigenvalue weighted by Crippen LogP contribution is 2.19. The summed E-state index contributed by atoms with van der Waals surface area (Å²) < 4.78 is 37.0. The number of para-hydroxylation sites is 1. The number of aliphatic hydroxyl groups is 1. The van der Waals surface area contributed by atoms with Crippen LogP contribution < -0.4 is 5.32 Å². The first-order valence-corrected chi connectivity index (χ1v) is 5.80. The van der Waals surface area contributed by atoms with Crippen molar-refractivity contribution in [2.24, 2.45) is 0 Å². The minimum atomic E-state index is -4.63. The van der Waals surface area contributed by atoms with Crippen LogP contribution in [0.1, 0.15) is 10.4 Å². The van der Waals surface area contributed by atoms with Gasteiger partial charge < -0.3 is 20.4 Å². The van der Waals surface area contributed by atoms with Gasteiger partial charge in [0.05, 0.1) is 17.9 Å². The van der Waals surface area contributed by atoms with Gasteiger partial charge in [-0.05, 0) is 12.1 Å². The summed E-state index contributed by atoms with van der Waals surface area (Å²) >= 11 is 0. The number of carbonyl (C=O) groups is 2. The van der Waals surface area contributed by atoms with Gasteiger partial charge in [0.15, 0.2) is 0 Å². The molecule has 1 rings (SSSR count). The zero-order valence-electron chi connectivity index (χ0n) is 10.7. The van der Waals surface area contributed by atoms with Gasteiger partial charge in [0.25, 0.3) is 0 Å². The largest absolute Gasteiger partial charge is 0.478 e. The number of rotatable bonds is 5. The van der Waals surface area contributed by atoms with Crippen molar-refractivity contribution in [3.63, 3.8) is 0 Å². The Morgan fingerprint density at radius 1 is 1.24 bits per heavy atom. The standard InChI is InChI=1S/C12H13F3N2O4/c13-12(14,15)7-17(5-6-18)11(21)16-9-4-2-1-3-8(9)10(19)20/h1-4,18H,5-7H2,(H,16,21)(H,19,20). The number of nitrogens with zero attached hydrogens (tertiary/aromatic N) is 1. The second-order valence-electron chi connectivity index (χ2n) is 4.04. The van der Waals surface area contributed by atoms with Gasteiger partial charge >= 0.3 is 18.2 Å². The Labute approximate surface area is 117 Å². The number of carboxylic acids is 1. The maximum Gasteiger partial charge on any atom is 0.406 e. The molecule has 2 amide bonds. The lowest BCUT2D eigenvalue weighted by atomic mass is 10.2. The van der Waals surface area contributed by atoms with E-state index >= 15 is 0 Å². The van der Waals surface area contributed by atoms with E-state index in [-0.39, 0.29) is 11.3 Å². The minimum Gasteiger partial charge on any atom is -0.478 e. The van der Waals surface area contributed by atoms with Crippen molar-refractivity contribution >= 4 is 17.7 Å². The van der Waals surface area contributed by atoms with Crippen molar-refractivity contribution < 1.29 is 33.0 Å². The van der Waals surface area contributed by atoms with Crippen LogP contribution >= 0.6 is 0 Å². The van der Waals surface area contributed by atoms with Gasteiger partial charge in [0.2, 0.25) is 0 Å². The number of carbonyl (C=O) groups excluding carboxylic acids is 1. The van der Waals surface area contributed by atoms with Crippen molar-refractivity contribution in [2.45, 2.75) is 6.18 Å². The van der Waals surface area contributed by atoms with Crippen LogP contribution in [0.4, 0.5) is 23.7 Å². The van der Waals surface area contributed by atoms with Crippen molar-refractivity contribution in [1.82, 2.24) is 4.90 Å². The van der Waals surface area contributed by atoms with Crippen LogP contribution in [-0.2, 0) is 0 Å². The normalized spacial score (nSPS) is 11.0. The van der Waals surface area contributed by atoms with Gasteiger partial charge in [-0.3, -0.25) is 0 Å². The summed E-state index contributed by atoms with van der Waals surface area (Å²) in [6.07, 6.45) is -4.63. The molecule has 0 aliphatic carbocycles. The average molecular weight is 306 g/mol. The molecule has 3 N–H and O–H groups in total. The molecule has 0 bridgehead atoms. The summed E-state index contributed by atoms with van der Waals surface area (Å²) in [6, 6.07) is 4.17. The lowest BCUT2D eigenvalue weighted by Crippen LogP contribution is -2.43. The van der Waals surface area contributed by atoms with Gasteiger partial charge in [0.1, 0.15) is 6.54 Å². The second kappa shape index (κ2) is 6.93. The Hall–Kier alpha value is -2.29. The molecule has 0 aliphatic heterocycles. The summed E-state index contributed by atoms with van der Waals surface area (Å²) in [6.45, 7) is -2.72. The van der Waals surface area contributed by atoms with Crippen LogP contribution in [0.5, 0.6) is 0 Å². The van der Waals surface area contributed by atoms with E-state index in [1.54, 1.807) is 0 Å². The molecule has 0 aliphatic rings. The van der Waals surface area contributed by atoms with Crippen LogP contribution in [0, 0.1) is 0 Å². The molecule has 0 unspecified atom stereocenters. The molecular formula is C12H13F3N2O4. The molecule has 0 fully saturated rings. The first-order valence-electron chi connectivity index (χ1n) is 5.80. The highest BCUT2D eigenvalue weighted by molar-refractivity contribution is 5.99. The summed E-state index contributed by atoms with van der Waals surface area (Å²) in [5, 5.41) is 19.7. The van der Waals surface area contributed by atoms with Gasteiger partial charge in [-0.1, -0.05) is 12.1 Å². The zero-order chi connectivity index (χ0) is 16.0. The lowest BCUT2D eigenvalue weighted by Gasteiger charge is -2.23. The minimum absolute atomic E-state index is 0.125. The maximum absolute atomic E-state index is 12.3. The molecule has 116 valence electrons. The fourth-order valence-corrected chi connectivity index (χ4v) is 1.56. The molecule has 0 heterocycles. The quantitative estimate of drug-likeness (QED) is 0.773. The molecule has 1 aromatic rings. The number of carboxylic acid groups (broad SMARTS) is 1. The fourth-order valence-electron chi connectivity index (χ4n) is 1.56. The van der Waals surface area contributed by atoms with E-state index in [9.17, 15) is 22.8 Å². The number of nitrogens with one attached hydrogen (secondary N) is 1. The predicted molar refractivity (Wildman–Crippen MR) is 67.1 cm³/mol. The topological polar surface area (TPSA) is 89.9 Å². The zero-order valence-corrected chi connectivity index (χ0v) is 10.7. The third-order valence-corrected chi connectivity index (χ3v) is 2.43. The number of aromatic carboxylic acids is 1. The number of halogens is 3. The van der Waals surface area contributed by atoms with Crippen LogP contribution in [0.25, 0.3) is 0 Å². The van der Waals surface area contributed by atoms with E-state index in [1.807, 2.05) is 0 Å². The van der Waals surface area contributed by atoms with Crippen molar-refractivity contribution in [3.05, 3.63) is 29.8 Å². The molecule has 6 nitrogen and oxygen atoms in total. The number of hydrogen-bond acceptors (Lipinski definition) is 3. The molecule has 0 spiro atoms. The third-order valence-electron chi connectivity index (χ3n) is 2.43. The number of amides is 2. The Morgan fingerprint density at radius 3 is 2.38 bits per heavy atom. The van der Waals surface area contributed by atoms with Crippen LogP contribution in [0.3, 0.4) is 0 Å². The van der Waals surface area contributed by atoms with Gasteiger partial charge in [0, 0.05) is 6.54 Å². The Balaban J connectivity index is 2.89. The fraction of sp³-hybridized carbons (Fsp3) is 0.333. The lowest BCUT2D eigenvalue weighted by molar-refractivity contribution is -0.140. The summed E-state index contributed by atoms with van der Waals surface area (Å²) in [5.41, 5.74) is -0.373. The molecule has 0 atom stereocenters. The summed E-state index contributed by atoms with van der Waals surface area (Å²) in [5.74, 6) is -1.32. The van der Waals surface area contributed by atoms with Crippen molar-refractivity contribution in [2.75, 3.05) is 25.0 Å². The number of urea groups is 1. The molecule has 0 radical (unpaired) electrons. The SMILES string of the molecule is O=C(O)c1ccccc1NC(=O)N(CCO)CC(F)(F)F. The molecule has 1 aromatic carbocycles. The number of anilines is 1. The number of aliphatic hydroxyl groups excluding tert-OH is 1. The Bertz CT molecular complexity index is 519. The molecule has 0 aromatic heterocycles. The maximum atomic E-state index is 12.3. The molecule has 9 heteroatoms. The Morgan fingerprint density at radius 2 is 1.86 bits per heavy atom. The Kier molecular flexibility index (Phi) is 5.53. The average Bonchev–Trinajstić information content (AvgIpc) is 2.37. The van der Waals surface area contributed by atoms with Crippen molar-refractivity contribution in [3.8, 4) is 0 Å². The van der Waals surface area contributed by atoms with Crippen LogP contribution in [0.2, 0.25) is 0 Å². The summed E-state index contributed by atoms with van der Waals surface area (Å²) in [7, 11) is 0. The number of benzene rings is 1. The highest BCUT2D eigenvalue weighted by Gasteiger charge is 2.33. The smallest absolute Gasteiger partial charge is 0.406 e. The van der Waals surface area contributed by atoms with Gasteiger partial charge in [-0.2, -0.15) is 13.2 Å². The molecule has 0 saturated carbocycles. The molecular weight excluding hydrogens is 293 g/mol. The number of alkyl halides is 3. The van der Waals surface area contributed by atoms with Gasteiger partial charge in [-0.25, -0.2) is 9.59 Å². The van der Waals surface area contributed by atoms with E-state index in [2.05, 4.69) is 5.32 Å². The second-order valence-corrected chi connectivity index (χ2v) is 4.04. The van der Waals surface area contributed by atoms with E-state index in [0.29, 0.717) is 4.90 Å². The summed E-state index contributed by atoms with van der Waals surface area (Å²) in [4.78, 5) is 23.1. The van der Waals surface area contributed by atoms with Crippen molar-refractivity contribution in [1.29, 1.82) is 0 Å². The number of hydrogen-bond donors (Lipinski definition) is 3. The molecule has 21 heavy (non-hydrogen) atoms. The van der Waals surface area contributed by atoms with Crippen LogP contribution in [0.15, 0.2) is 24.3 Å².